The molecule has 4 nitrogen and oxygen atoms in total. The van der Waals surface area contributed by atoms with E-state index >= 15 is 0 Å². The van der Waals surface area contributed by atoms with Crippen molar-refractivity contribution in [2.75, 3.05) is 0 Å². The van der Waals surface area contributed by atoms with Gasteiger partial charge in [-0.15, -0.1) is 0 Å². The summed E-state index contributed by atoms with van der Waals surface area (Å²) in [6, 6.07) is 19.9. The molecule has 4 heteroatoms. The largest absolute Gasteiger partial charge is 0.478 e. The minimum atomic E-state index is -0.959. The molecule has 23 heavy (non-hydrogen) atoms. The average molecular weight is 302 g/mol. The molecular weight excluding hydrogens is 288 g/mol. The van der Waals surface area contributed by atoms with Crippen LogP contribution < -0.4 is 0 Å². The first-order valence-corrected chi connectivity index (χ1v) is 7.38. The topological polar surface area (TPSA) is 55.1 Å². The zero-order valence-corrected chi connectivity index (χ0v) is 12.3. The Balaban J connectivity index is 1.99. The highest BCUT2D eigenvalue weighted by Gasteiger charge is 2.14. The van der Waals surface area contributed by atoms with E-state index in [2.05, 4.69) is 21.7 Å². The van der Waals surface area contributed by atoms with Gasteiger partial charge in [0.05, 0.1) is 11.1 Å². The van der Waals surface area contributed by atoms with Crippen molar-refractivity contribution in [3.8, 4) is 0 Å². The van der Waals surface area contributed by atoms with E-state index in [-0.39, 0.29) is 5.56 Å². The summed E-state index contributed by atoms with van der Waals surface area (Å²) in [4.78, 5) is 15.6. The minimum Gasteiger partial charge on any atom is -0.478 e. The van der Waals surface area contributed by atoms with E-state index in [9.17, 15) is 9.90 Å². The number of carboxylic acids is 1. The Kier molecular flexibility index (Phi) is 3.08. The highest BCUT2D eigenvalue weighted by atomic mass is 16.4. The number of aromatic carboxylic acids is 1. The van der Waals surface area contributed by atoms with Crippen LogP contribution in [0.3, 0.4) is 0 Å². The Hall–Kier alpha value is -3.14. The zero-order chi connectivity index (χ0) is 15.8. The smallest absolute Gasteiger partial charge is 0.337 e. The van der Waals surface area contributed by atoms with Crippen LogP contribution in [0.1, 0.15) is 15.9 Å². The summed E-state index contributed by atoms with van der Waals surface area (Å²) in [5, 5.41) is 11.1. The summed E-state index contributed by atoms with van der Waals surface area (Å²) in [5.41, 5.74) is 3.25. The number of benzene rings is 2. The number of para-hydroxylation sites is 1. The molecule has 0 unspecified atom stereocenters. The van der Waals surface area contributed by atoms with Crippen molar-refractivity contribution in [2.24, 2.45) is 0 Å². The van der Waals surface area contributed by atoms with Gasteiger partial charge in [0.25, 0.3) is 0 Å². The molecule has 0 fully saturated rings. The number of carbonyl (C=O) groups is 1. The predicted molar refractivity (Wildman–Crippen MR) is 89.7 cm³/mol. The van der Waals surface area contributed by atoms with Gasteiger partial charge in [-0.25, -0.2) is 9.78 Å². The minimum absolute atomic E-state index is 0.208. The van der Waals surface area contributed by atoms with Crippen molar-refractivity contribution in [3.05, 3.63) is 78.0 Å². The van der Waals surface area contributed by atoms with Crippen LogP contribution in [-0.2, 0) is 6.54 Å². The predicted octanol–water partition coefficient (Wildman–Crippen LogP) is 3.94. The summed E-state index contributed by atoms with van der Waals surface area (Å²) in [7, 11) is 0. The summed E-state index contributed by atoms with van der Waals surface area (Å²) in [6.07, 6.45) is 1.42. The van der Waals surface area contributed by atoms with Gasteiger partial charge in [-0.2, -0.15) is 0 Å². The van der Waals surface area contributed by atoms with Gasteiger partial charge in [-0.3, -0.25) is 0 Å². The van der Waals surface area contributed by atoms with Crippen molar-refractivity contribution in [1.29, 1.82) is 0 Å². The number of hydrogen-bond donors (Lipinski definition) is 1. The van der Waals surface area contributed by atoms with E-state index in [4.69, 9.17) is 0 Å². The van der Waals surface area contributed by atoms with Gasteiger partial charge in [-0.1, -0.05) is 48.5 Å². The van der Waals surface area contributed by atoms with Gasteiger partial charge in [0.2, 0.25) is 0 Å². The lowest BCUT2D eigenvalue weighted by Crippen LogP contribution is -2.02. The number of nitrogens with zero attached hydrogens (tertiary/aromatic N) is 2. The molecular formula is C19H14N2O2. The van der Waals surface area contributed by atoms with E-state index in [1.807, 2.05) is 42.5 Å². The molecule has 0 bridgehead atoms. The van der Waals surface area contributed by atoms with E-state index in [1.54, 1.807) is 6.07 Å². The molecule has 0 aliphatic carbocycles. The van der Waals surface area contributed by atoms with Gasteiger partial charge in [0, 0.05) is 23.5 Å². The van der Waals surface area contributed by atoms with Crippen molar-refractivity contribution >= 4 is 27.9 Å². The highest BCUT2D eigenvalue weighted by Crippen LogP contribution is 2.29. The van der Waals surface area contributed by atoms with Crippen LogP contribution in [-0.4, -0.2) is 20.6 Å². The zero-order valence-electron chi connectivity index (χ0n) is 12.3. The second-order valence-electron chi connectivity index (χ2n) is 5.49. The Morgan fingerprint density at radius 2 is 1.74 bits per heavy atom. The summed E-state index contributed by atoms with van der Waals surface area (Å²) < 4.78 is 2.13. The third kappa shape index (κ3) is 2.25. The Morgan fingerprint density at radius 3 is 2.52 bits per heavy atom. The summed E-state index contributed by atoms with van der Waals surface area (Å²) in [6.45, 7) is 0.699. The molecule has 0 spiro atoms. The molecule has 4 rings (SSSR count). The molecule has 2 heterocycles. The normalized spacial score (nSPS) is 11.1. The third-order valence-corrected chi connectivity index (χ3v) is 4.04. The molecule has 0 amide bonds. The van der Waals surface area contributed by atoms with E-state index in [0.29, 0.717) is 6.54 Å². The molecule has 1 N–H and O–H groups in total. The highest BCUT2D eigenvalue weighted by molar-refractivity contribution is 6.08. The fraction of sp³-hybridized carbons (Fsp3) is 0.0526. The molecule has 112 valence electrons. The van der Waals surface area contributed by atoms with Gasteiger partial charge in [-0.05, 0) is 17.7 Å². The van der Waals surface area contributed by atoms with Gasteiger partial charge >= 0.3 is 5.97 Å². The van der Waals surface area contributed by atoms with Gasteiger partial charge in [0.1, 0.15) is 5.65 Å². The fourth-order valence-corrected chi connectivity index (χ4v) is 2.96. The lowest BCUT2D eigenvalue weighted by Gasteiger charge is -2.07. The van der Waals surface area contributed by atoms with E-state index < -0.39 is 5.97 Å². The van der Waals surface area contributed by atoms with Crippen LogP contribution in [0.2, 0.25) is 0 Å². The van der Waals surface area contributed by atoms with Crippen molar-refractivity contribution in [1.82, 2.24) is 9.55 Å². The molecule has 0 radical (unpaired) electrons. The molecule has 2 aromatic carbocycles. The number of fused-ring (bicyclic) bond motifs is 3. The number of carboxylic acid groups (broad SMARTS) is 1. The Morgan fingerprint density at radius 1 is 1.00 bits per heavy atom. The number of aromatic nitrogens is 2. The Labute approximate surface area is 132 Å². The second kappa shape index (κ2) is 5.25. The van der Waals surface area contributed by atoms with Gasteiger partial charge in [0.15, 0.2) is 0 Å². The molecule has 0 saturated carbocycles. The maximum atomic E-state index is 11.2. The van der Waals surface area contributed by atoms with Crippen LogP contribution in [0.4, 0.5) is 0 Å². The van der Waals surface area contributed by atoms with Crippen LogP contribution >= 0.6 is 0 Å². The molecule has 0 aliphatic rings. The standard InChI is InChI=1S/C19H14N2O2/c22-19(23)14-10-16-15-8-4-5-9-17(15)21(18(16)20-11-14)12-13-6-2-1-3-7-13/h1-11H,12H2,(H,22,23). The Bertz CT molecular complexity index is 1020. The second-order valence-corrected chi connectivity index (χ2v) is 5.49. The van der Waals surface area contributed by atoms with Crippen molar-refractivity contribution in [3.63, 3.8) is 0 Å². The third-order valence-electron chi connectivity index (χ3n) is 4.04. The molecule has 0 saturated heterocycles. The fourth-order valence-electron chi connectivity index (χ4n) is 2.96. The quantitative estimate of drug-likeness (QED) is 0.623. The van der Waals surface area contributed by atoms with Crippen LogP contribution in [0.15, 0.2) is 66.9 Å². The first-order chi connectivity index (χ1) is 11.2. The van der Waals surface area contributed by atoms with E-state index in [1.165, 1.54) is 11.8 Å². The lowest BCUT2D eigenvalue weighted by molar-refractivity contribution is 0.0696. The average Bonchev–Trinajstić information content (AvgIpc) is 2.90. The maximum Gasteiger partial charge on any atom is 0.337 e. The molecule has 0 aliphatic heterocycles. The number of hydrogen-bond acceptors (Lipinski definition) is 2. The first-order valence-electron chi connectivity index (χ1n) is 7.38. The molecule has 0 atom stereocenters. The van der Waals surface area contributed by atoms with Crippen LogP contribution in [0.5, 0.6) is 0 Å². The molecule has 4 aromatic rings. The number of pyridine rings is 1. The number of rotatable bonds is 3. The molecule has 2 aromatic heterocycles. The van der Waals surface area contributed by atoms with E-state index in [0.717, 1.165) is 21.9 Å². The van der Waals surface area contributed by atoms with Crippen LogP contribution in [0.25, 0.3) is 21.9 Å². The van der Waals surface area contributed by atoms with Crippen LogP contribution in [0, 0.1) is 0 Å². The monoisotopic (exact) mass is 302 g/mol. The lowest BCUT2D eigenvalue weighted by atomic mass is 10.1. The van der Waals surface area contributed by atoms with Crippen molar-refractivity contribution < 1.29 is 9.90 Å². The van der Waals surface area contributed by atoms with Gasteiger partial charge < -0.3 is 9.67 Å². The van der Waals surface area contributed by atoms with Crippen molar-refractivity contribution in [2.45, 2.75) is 6.54 Å². The summed E-state index contributed by atoms with van der Waals surface area (Å²) in [5.74, 6) is -0.959. The maximum absolute atomic E-state index is 11.2. The summed E-state index contributed by atoms with van der Waals surface area (Å²) >= 11 is 0. The SMILES string of the molecule is O=C(O)c1cnc2c(c1)c1ccccc1n2Cc1ccccc1. The first kappa shape index (κ1) is 13.5.